The van der Waals surface area contributed by atoms with Gasteiger partial charge >= 0.3 is 0 Å². The molecule has 0 fully saturated rings. The molecule has 0 bridgehead atoms. The van der Waals surface area contributed by atoms with E-state index in [4.69, 9.17) is 15.2 Å². The highest BCUT2D eigenvalue weighted by molar-refractivity contribution is 5.78. The van der Waals surface area contributed by atoms with Gasteiger partial charge in [0.1, 0.15) is 13.2 Å². The maximum Gasteiger partial charge on any atom is 0.161 e. The van der Waals surface area contributed by atoms with Gasteiger partial charge in [-0.25, -0.2) is 0 Å². The van der Waals surface area contributed by atoms with E-state index < -0.39 is 0 Å². The number of fused-ring (bicyclic) bond motifs is 2. The highest BCUT2D eigenvalue weighted by Gasteiger charge is 2.15. The van der Waals surface area contributed by atoms with Crippen LogP contribution in [0.25, 0.3) is 16.6 Å². The summed E-state index contributed by atoms with van der Waals surface area (Å²) in [6.07, 6.45) is 4.15. The number of ether oxygens (including phenoxy) is 2. The fourth-order valence-electron chi connectivity index (χ4n) is 2.85. The van der Waals surface area contributed by atoms with E-state index in [9.17, 15) is 0 Å². The fraction of sp³-hybridized carbons (Fsp3) is 0.176. The zero-order valence-electron chi connectivity index (χ0n) is 11.6. The van der Waals surface area contributed by atoms with Gasteiger partial charge < -0.3 is 19.6 Å². The summed E-state index contributed by atoms with van der Waals surface area (Å²) < 4.78 is 13.4. The molecule has 2 N–H and O–H groups in total. The Bertz CT molecular complexity index is 808. The predicted molar refractivity (Wildman–Crippen MR) is 81.7 cm³/mol. The van der Waals surface area contributed by atoms with Crippen LogP contribution in [0, 0.1) is 0 Å². The molecule has 0 unspecified atom stereocenters. The molecule has 3 heterocycles. The number of hydrogen-bond donors (Lipinski definition) is 1. The van der Waals surface area contributed by atoms with Gasteiger partial charge in [-0.3, -0.25) is 0 Å². The molecule has 106 valence electrons. The molecular weight excluding hydrogens is 264 g/mol. The maximum atomic E-state index is 5.97. The Labute approximate surface area is 122 Å². The SMILES string of the molecule is NCc1c(-c2ccc3c(c2)OCCO3)cn2ccccc12. The minimum absolute atomic E-state index is 0.504. The normalized spacial score (nSPS) is 13.6. The van der Waals surface area contributed by atoms with Crippen molar-refractivity contribution >= 4 is 5.52 Å². The van der Waals surface area contributed by atoms with Crippen molar-refractivity contribution in [2.45, 2.75) is 6.54 Å². The third-order valence-electron chi connectivity index (χ3n) is 3.85. The molecule has 0 spiro atoms. The van der Waals surface area contributed by atoms with Gasteiger partial charge in [0.05, 0.1) is 5.52 Å². The molecule has 0 saturated carbocycles. The number of aromatic nitrogens is 1. The van der Waals surface area contributed by atoms with Gasteiger partial charge in [-0.05, 0) is 35.4 Å². The van der Waals surface area contributed by atoms with Crippen LogP contribution in [0.5, 0.6) is 11.5 Å². The van der Waals surface area contributed by atoms with E-state index in [1.165, 1.54) is 0 Å². The molecular formula is C17H16N2O2. The molecule has 0 amide bonds. The summed E-state index contributed by atoms with van der Waals surface area (Å²) in [6.45, 7) is 1.71. The largest absolute Gasteiger partial charge is 0.486 e. The summed E-state index contributed by atoms with van der Waals surface area (Å²) in [6, 6.07) is 12.2. The molecule has 0 radical (unpaired) electrons. The quantitative estimate of drug-likeness (QED) is 0.785. The van der Waals surface area contributed by atoms with E-state index >= 15 is 0 Å². The first-order chi connectivity index (χ1) is 10.4. The minimum Gasteiger partial charge on any atom is -0.486 e. The maximum absolute atomic E-state index is 5.97. The van der Waals surface area contributed by atoms with E-state index in [-0.39, 0.29) is 0 Å². The van der Waals surface area contributed by atoms with Crippen LogP contribution < -0.4 is 15.2 Å². The lowest BCUT2D eigenvalue weighted by Crippen LogP contribution is -2.15. The zero-order chi connectivity index (χ0) is 14.2. The molecule has 0 atom stereocenters. The minimum atomic E-state index is 0.504. The van der Waals surface area contributed by atoms with Crippen LogP contribution in [0.2, 0.25) is 0 Å². The zero-order valence-corrected chi connectivity index (χ0v) is 11.6. The summed E-state index contributed by atoms with van der Waals surface area (Å²) in [5.41, 5.74) is 10.5. The molecule has 21 heavy (non-hydrogen) atoms. The van der Waals surface area contributed by atoms with Crippen LogP contribution in [0.1, 0.15) is 5.56 Å². The first-order valence-electron chi connectivity index (χ1n) is 7.05. The molecule has 1 aromatic carbocycles. The highest BCUT2D eigenvalue weighted by Crippen LogP contribution is 2.36. The van der Waals surface area contributed by atoms with E-state index in [0.29, 0.717) is 19.8 Å². The Kier molecular flexibility index (Phi) is 2.82. The summed E-state index contributed by atoms with van der Waals surface area (Å²) in [5.74, 6) is 1.61. The van der Waals surface area contributed by atoms with Gasteiger partial charge in [0.25, 0.3) is 0 Å². The molecule has 3 aromatic rings. The Morgan fingerprint density at radius 1 is 1.05 bits per heavy atom. The van der Waals surface area contributed by atoms with Gasteiger partial charge in [0.15, 0.2) is 11.5 Å². The molecule has 1 aliphatic heterocycles. The lowest BCUT2D eigenvalue weighted by atomic mass is 10.0. The van der Waals surface area contributed by atoms with Crippen LogP contribution >= 0.6 is 0 Å². The Balaban J connectivity index is 1.89. The molecule has 4 nitrogen and oxygen atoms in total. The summed E-state index contributed by atoms with van der Waals surface area (Å²) in [4.78, 5) is 0. The summed E-state index contributed by atoms with van der Waals surface area (Å²) >= 11 is 0. The van der Waals surface area contributed by atoms with Crippen LogP contribution in [0.15, 0.2) is 48.8 Å². The van der Waals surface area contributed by atoms with E-state index in [1.807, 2.05) is 30.5 Å². The number of pyridine rings is 1. The van der Waals surface area contributed by atoms with Crippen molar-refractivity contribution in [1.82, 2.24) is 4.40 Å². The first-order valence-corrected chi connectivity index (χ1v) is 7.05. The first kappa shape index (κ1) is 12.3. The fourth-order valence-corrected chi connectivity index (χ4v) is 2.85. The smallest absolute Gasteiger partial charge is 0.161 e. The molecule has 4 rings (SSSR count). The van der Waals surface area contributed by atoms with Crippen LogP contribution in [-0.4, -0.2) is 17.6 Å². The Morgan fingerprint density at radius 3 is 2.76 bits per heavy atom. The average molecular weight is 280 g/mol. The second kappa shape index (κ2) is 4.82. The Morgan fingerprint density at radius 2 is 1.90 bits per heavy atom. The van der Waals surface area contributed by atoms with Crippen molar-refractivity contribution in [2.24, 2.45) is 5.73 Å². The highest BCUT2D eigenvalue weighted by atomic mass is 16.6. The standard InChI is InChI=1S/C17H16N2O2/c18-10-13-14(11-19-6-2-1-3-15(13)19)12-4-5-16-17(9-12)21-8-7-20-16/h1-6,9,11H,7-8,10,18H2. The van der Waals surface area contributed by atoms with Crippen molar-refractivity contribution in [1.29, 1.82) is 0 Å². The van der Waals surface area contributed by atoms with Gasteiger partial charge in [0.2, 0.25) is 0 Å². The number of rotatable bonds is 2. The van der Waals surface area contributed by atoms with Gasteiger partial charge in [-0.1, -0.05) is 12.1 Å². The Hall–Kier alpha value is -2.46. The van der Waals surface area contributed by atoms with E-state index in [2.05, 4.69) is 22.7 Å². The molecule has 1 aliphatic rings. The topological polar surface area (TPSA) is 48.9 Å². The van der Waals surface area contributed by atoms with Gasteiger partial charge in [-0.15, -0.1) is 0 Å². The monoisotopic (exact) mass is 280 g/mol. The van der Waals surface area contributed by atoms with Crippen molar-refractivity contribution in [3.8, 4) is 22.6 Å². The van der Waals surface area contributed by atoms with Crippen LogP contribution in [-0.2, 0) is 6.54 Å². The molecule has 0 aliphatic carbocycles. The second-order valence-corrected chi connectivity index (χ2v) is 5.08. The lowest BCUT2D eigenvalue weighted by molar-refractivity contribution is 0.171. The number of nitrogens with zero attached hydrogens (tertiary/aromatic N) is 1. The summed E-state index contributed by atoms with van der Waals surface area (Å²) in [5, 5.41) is 0. The van der Waals surface area contributed by atoms with Crippen molar-refractivity contribution < 1.29 is 9.47 Å². The van der Waals surface area contributed by atoms with Crippen LogP contribution in [0.4, 0.5) is 0 Å². The molecule has 2 aromatic heterocycles. The van der Waals surface area contributed by atoms with Crippen molar-refractivity contribution in [2.75, 3.05) is 13.2 Å². The number of hydrogen-bond acceptors (Lipinski definition) is 3. The third kappa shape index (κ3) is 1.96. The third-order valence-corrected chi connectivity index (χ3v) is 3.85. The van der Waals surface area contributed by atoms with E-state index in [0.717, 1.165) is 33.7 Å². The second-order valence-electron chi connectivity index (χ2n) is 5.08. The van der Waals surface area contributed by atoms with Crippen molar-refractivity contribution in [3.63, 3.8) is 0 Å². The van der Waals surface area contributed by atoms with Crippen LogP contribution in [0.3, 0.4) is 0 Å². The molecule has 0 saturated heterocycles. The summed E-state index contributed by atoms with van der Waals surface area (Å²) in [7, 11) is 0. The van der Waals surface area contributed by atoms with Gasteiger partial charge in [0, 0.05) is 24.5 Å². The lowest BCUT2D eigenvalue weighted by Gasteiger charge is -2.18. The molecule has 4 heteroatoms. The number of nitrogens with two attached hydrogens (primary N) is 1. The van der Waals surface area contributed by atoms with Crippen molar-refractivity contribution in [3.05, 3.63) is 54.4 Å². The number of benzene rings is 1. The average Bonchev–Trinajstić information content (AvgIpc) is 2.93. The van der Waals surface area contributed by atoms with E-state index in [1.54, 1.807) is 0 Å². The predicted octanol–water partition coefficient (Wildman–Crippen LogP) is 2.84. The van der Waals surface area contributed by atoms with Gasteiger partial charge in [-0.2, -0.15) is 0 Å².